The van der Waals surface area contributed by atoms with Crippen molar-refractivity contribution in [2.45, 2.75) is 70.0 Å². The Hall–Kier alpha value is -3.65. The van der Waals surface area contributed by atoms with E-state index in [1.807, 2.05) is 12.1 Å². The first-order chi connectivity index (χ1) is 18.2. The molecule has 2 heterocycles. The maximum Gasteiger partial charge on any atom is 0.304 e. The summed E-state index contributed by atoms with van der Waals surface area (Å²) in [6.07, 6.45) is 4.88. The first-order valence-corrected chi connectivity index (χ1v) is 13.0. The largest absolute Gasteiger partial charge is 0.492 e. The van der Waals surface area contributed by atoms with Gasteiger partial charge in [0, 0.05) is 40.9 Å². The van der Waals surface area contributed by atoms with Gasteiger partial charge in [-0.25, -0.2) is 9.37 Å². The normalized spacial score (nSPS) is 18.0. The van der Waals surface area contributed by atoms with Crippen molar-refractivity contribution in [3.05, 3.63) is 76.7 Å². The minimum atomic E-state index is -0.865. The maximum atomic E-state index is 15.0. The molecule has 0 unspecified atom stereocenters. The summed E-state index contributed by atoms with van der Waals surface area (Å²) in [6.45, 7) is 3.93. The predicted octanol–water partition coefficient (Wildman–Crippen LogP) is 6.12. The number of ether oxygens (including phenoxy) is 3. The van der Waals surface area contributed by atoms with Gasteiger partial charge in [0.2, 0.25) is 5.88 Å². The molecule has 200 valence electrons. The molecule has 8 heteroatoms. The third-order valence-corrected chi connectivity index (χ3v) is 7.07. The van der Waals surface area contributed by atoms with Gasteiger partial charge in [0.25, 0.3) is 0 Å². The smallest absolute Gasteiger partial charge is 0.304 e. The third kappa shape index (κ3) is 5.91. The van der Waals surface area contributed by atoms with Gasteiger partial charge in [0.05, 0.1) is 18.6 Å². The van der Waals surface area contributed by atoms with Crippen molar-refractivity contribution >= 4 is 5.97 Å². The lowest BCUT2D eigenvalue weighted by Gasteiger charge is -2.17. The third-order valence-electron chi connectivity index (χ3n) is 7.07. The molecule has 2 atom stereocenters. The summed E-state index contributed by atoms with van der Waals surface area (Å²) >= 11 is 0. The van der Waals surface area contributed by atoms with Gasteiger partial charge < -0.3 is 24.4 Å². The Bertz CT molecular complexity index is 1320. The molecule has 38 heavy (non-hydrogen) atoms. The van der Waals surface area contributed by atoms with Crippen molar-refractivity contribution < 1.29 is 33.6 Å². The number of carboxylic acid groups (broad SMARTS) is 1. The molecule has 0 spiro atoms. The molecule has 5 rings (SSSR count). The number of halogens is 1. The molecular formula is C30H32FNO6. The molecule has 0 fully saturated rings. The van der Waals surface area contributed by atoms with E-state index in [0.717, 1.165) is 29.5 Å². The fourth-order valence-corrected chi connectivity index (χ4v) is 5.19. The highest BCUT2D eigenvalue weighted by Gasteiger charge is 2.32. The van der Waals surface area contributed by atoms with Crippen molar-refractivity contribution in [1.29, 1.82) is 0 Å². The maximum absolute atomic E-state index is 15.0. The highest BCUT2D eigenvalue weighted by Crippen LogP contribution is 2.44. The zero-order valence-corrected chi connectivity index (χ0v) is 21.6. The van der Waals surface area contributed by atoms with E-state index in [1.54, 1.807) is 44.3 Å². The molecule has 2 aliphatic rings. The van der Waals surface area contributed by atoms with Crippen LogP contribution in [0.2, 0.25) is 0 Å². The number of hydrogen-bond acceptors (Lipinski definition) is 6. The Morgan fingerprint density at radius 3 is 2.79 bits per heavy atom. The Labute approximate surface area is 221 Å². The van der Waals surface area contributed by atoms with Gasteiger partial charge in [0.15, 0.2) is 0 Å². The quantitative estimate of drug-likeness (QED) is 0.331. The average molecular weight is 522 g/mol. The summed E-state index contributed by atoms with van der Waals surface area (Å²) < 4.78 is 32.9. The second kappa shape index (κ2) is 10.6. The number of hydrogen-bond donors (Lipinski definition) is 2. The zero-order valence-electron chi connectivity index (χ0n) is 21.6. The number of rotatable bonds is 10. The van der Waals surface area contributed by atoms with Gasteiger partial charge >= 0.3 is 5.97 Å². The van der Waals surface area contributed by atoms with E-state index in [1.165, 1.54) is 6.07 Å². The Balaban J connectivity index is 1.27. The van der Waals surface area contributed by atoms with Gasteiger partial charge in [-0.15, -0.1) is 0 Å². The van der Waals surface area contributed by atoms with Crippen LogP contribution in [0.15, 0.2) is 48.7 Å². The summed E-state index contributed by atoms with van der Waals surface area (Å²) in [4.78, 5) is 15.5. The Morgan fingerprint density at radius 1 is 1.21 bits per heavy atom. The van der Waals surface area contributed by atoms with Gasteiger partial charge in [-0.05, 0) is 69.7 Å². The zero-order chi connectivity index (χ0) is 26.9. The molecule has 1 aliphatic heterocycles. The van der Waals surface area contributed by atoms with Crippen LogP contribution in [0.5, 0.6) is 23.1 Å². The van der Waals surface area contributed by atoms with Crippen molar-refractivity contribution in [2.75, 3.05) is 6.61 Å². The first-order valence-electron chi connectivity index (χ1n) is 13.0. The summed E-state index contributed by atoms with van der Waals surface area (Å²) in [6, 6.07) is 12.1. The van der Waals surface area contributed by atoms with Crippen LogP contribution in [0.4, 0.5) is 4.39 Å². The Morgan fingerprint density at radius 2 is 2.05 bits per heavy atom. The van der Waals surface area contributed by atoms with Crippen LogP contribution in [0.3, 0.4) is 0 Å². The predicted molar refractivity (Wildman–Crippen MR) is 139 cm³/mol. The summed E-state index contributed by atoms with van der Waals surface area (Å²) in [5.41, 5.74) is 2.48. The number of carboxylic acids is 1. The van der Waals surface area contributed by atoms with Crippen LogP contribution in [-0.4, -0.2) is 33.4 Å². The number of aryl methyl sites for hydroxylation is 1. The molecule has 1 aromatic heterocycles. The van der Waals surface area contributed by atoms with E-state index >= 15 is 0 Å². The number of aromatic nitrogens is 1. The molecule has 0 saturated heterocycles. The standard InChI is InChI=1S/C30H32FNO6/c1-30(2,35)13-3-4-18-5-12-27(32-16-18)38-24-11-9-23(31)29-22(24)8-10-25(29)37-20-6-7-21-19(14-28(33)34)17-36-26(21)15-20/h5-7,9,11-12,15-16,19,25,35H,3-4,8,10,13-14,17H2,1-2H3,(H,33,34)/t19-,25-/m1/s1. The molecule has 2 aromatic carbocycles. The summed E-state index contributed by atoms with van der Waals surface area (Å²) in [5, 5.41) is 19.0. The van der Waals surface area contributed by atoms with Crippen molar-refractivity contribution in [3.63, 3.8) is 0 Å². The second-order valence-corrected chi connectivity index (χ2v) is 10.7. The van der Waals surface area contributed by atoms with E-state index in [-0.39, 0.29) is 18.2 Å². The number of aliphatic carboxylic acids is 1. The van der Waals surface area contributed by atoms with Crippen molar-refractivity contribution in [3.8, 4) is 23.1 Å². The molecule has 0 saturated carbocycles. The average Bonchev–Trinajstić information content (AvgIpc) is 3.46. The van der Waals surface area contributed by atoms with E-state index < -0.39 is 17.7 Å². The van der Waals surface area contributed by atoms with E-state index in [0.29, 0.717) is 54.6 Å². The first kappa shape index (κ1) is 26.0. The van der Waals surface area contributed by atoms with Crippen molar-refractivity contribution in [1.82, 2.24) is 4.98 Å². The molecule has 7 nitrogen and oxygen atoms in total. The Kier molecular flexibility index (Phi) is 7.25. The van der Waals surface area contributed by atoms with Crippen LogP contribution in [0.1, 0.15) is 73.8 Å². The summed E-state index contributed by atoms with van der Waals surface area (Å²) in [5.74, 6) is 0.755. The monoisotopic (exact) mass is 521 g/mol. The molecule has 0 radical (unpaired) electrons. The number of nitrogens with zero attached hydrogens (tertiary/aromatic N) is 1. The van der Waals surface area contributed by atoms with Crippen molar-refractivity contribution in [2.24, 2.45) is 0 Å². The number of carbonyl (C=O) groups is 1. The second-order valence-electron chi connectivity index (χ2n) is 10.7. The molecule has 0 bridgehead atoms. The fourth-order valence-electron chi connectivity index (χ4n) is 5.19. The lowest BCUT2D eigenvalue weighted by molar-refractivity contribution is -0.137. The van der Waals surface area contributed by atoms with Gasteiger partial charge in [-0.1, -0.05) is 12.1 Å². The highest BCUT2D eigenvalue weighted by molar-refractivity contribution is 5.68. The lowest BCUT2D eigenvalue weighted by Crippen LogP contribution is -2.18. The topological polar surface area (TPSA) is 98.1 Å². The van der Waals surface area contributed by atoms with Gasteiger partial charge in [-0.3, -0.25) is 4.79 Å². The number of fused-ring (bicyclic) bond motifs is 2. The van der Waals surface area contributed by atoms with Crippen LogP contribution in [0, 0.1) is 5.82 Å². The number of aliphatic hydroxyl groups is 1. The van der Waals surface area contributed by atoms with Crippen LogP contribution in [0.25, 0.3) is 0 Å². The summed E-state index contributed by atoms with van der Waals surface area (Å²) in [7, 11) is 0. The SMILES string of the molecule is CC(C)(O)CCCc1ccc(Oc2ccc(F)c3c2CC[C@H]3Oc2ccc3c(c2)OC[C@H]3CC(=O)O)nc1. The molecular weight excluding hydrogens is 489 g/mol. The molecule has 0 amide bonds. The van der Waals surface area contributed by atoms with Gasteiger partial charge in [-0.2, -0.15) is 0 Å². The highest BCUT2D eigenvalue weighted by atomic mass is 19.1. The van der Waals surface area contributed by atoms with E-state index in [9.17, 15) is 14.3 Å². The molecule has 3 aromatic rings. The lowest BCUT2D eigenvalue weighted by atomic mass is 9.98. The van der Waals surface area contributed by atoms with E-state index in [2.05, 4.69) is 4.98 Å². The molecule has 1 aliphatic carbocycles. The minimum Gasteiger partial charge on any atom is -0.492 e. The molecule has 2 N–H and O–H groups in total. The fraction of sp³-hybridized carbons (Fsp3) is 0.400. The van der Waals surface area contributed by atoms with E-state index in [4.69, 9.17) is 19.3 Å². The van der Waals surface area contributed by atoms with Gasteiger partial charge in [0.1, 0.15) is 29.2 Å². The minimum absolute atomic E-state index is 0.0107. The van der Waals surface area contributed by atoms with Crippen LogP contribution >= 0.6 is 0 Å². The number of benzene rings is 2. The van der Waals surface area contributed by atoms with Crippen LogP contribution < -0.4 is 14.2 Å². The van der Waals surface area contributed by atoms with Crippen LogP contribution in [-0.2, 0) is 17.6 Å². The number of pyridine rings is 1.